The fourth-order valence-electron chi connectivity index (χ4n) is 3.40. The number of carbonyl (C=O) groups is 1. The minimum absolute atomic E-state index is 0.0203. The number of aryl methyl sites for hydroxylation is 1. The Bertz CT molecular complexity index is 496. The van der Waals surface area contributed by atoms with Gasteiger partial charge < -0.3 is 15.2 Å². The molecule has 1 aromatic rings. The Morgan fingerprint density at radius 1 is 1.25 bits per heavy atom. The van der Waals surface area contributed by atoms with Crippen LogP contribution in [0.2, 0.25) is 0 Å². The highest BCUT2D eigenvalue weighted by molar-refractivity contribution is 5.74. The van der Waals surface area contributed by atoms with Crippen molar-refractivity contribution in [2.45, 2.75) is 71.0 Å². The topological polar surface area (TPSA) is 46.1 Å². The molecule has 0 spiro atoms. The molecule has 4 heteroatoms. The molecule has 0 bridgehead atoms. The molecule has 2 aliphatic carbocycles. The van der Waals surface area contributed by atoms with Gasteiger partial charge in [0.05, 0.1) is 0 Å². The van der Waals surface area contributed by atoms with Crippen LogP contribution in [0.1, 0.15) is 61.5 Å². The van der Waals surface area contributed by atoms with Crippen molar-refractivity contribution in [3.8, 4) is 0 Å². The minimum Gasteiger partial charge on any atom is -0.346 e. The summed E-state index contributed by atoms with van der Waals surface area (Å²) >= 11 is 0. The van der Waals surface area contributed by atoms with Gasteiger partial charge in [-0.05, 0) is 51.2 Å². The summed E-state index contributed by atoms with van der Waals surface area (Å²) in [7, 11) is 0. The Morgan fingerprint density at radius 2 is 1.95 bits per heavy atom. The molecule has 4 nitrogen and oxygen atoms in total. The second kappa shape index (κ2) is 5.51. The van der Waals surface area contributed by atoms with E-state index < -0.39 is 0 Å². The summed E-state index contributed by atoms with van der Waals surface area (Å²) in [5.74, 6) is 0. The van der Waals surface area contributed by atoms with Crippen LogP contribution in [0.15, 0.2) is 6.07 Å². The summed E-state index contributed by atoms with van der Waals surface area (Å²) in [6, 6.07) is 3.28. The lowest BCUT2D eigenvalue weighted by Gasteiger charge is -2.13. The smallest absolute Gasteiger partial charge is 0.315 e. The third-order valence-corrected chi connectivity index (χ3v) is 4.63. The fourth-order valence-corrected chi connectivity index (χ4v) is 3.40. The number of hydrogen-bond donors (Lipinski definition) is 2. The number of nitrogens with zero attached hydrogens (tertiary/aromatic N) is 1. The summed E-state index contributed by atoms with van der Waals surface area (Å²) in [6.45, 7) is 4.95. The molecule has 0 radical (unpaired) electrons. The molecule has 0 saturated heterocycles. The van der Waals surface area contributed by atoms with Crippen LogP contribution >= 0.6 is 0 Å². The van der Waals surface area contributed by atoms with Gasteiger partial charge in [0.1, 0.15) is 0 Å². The van der Waals surface area contributed by atoms with Crippen LogP contribution in [-0.4, -0.2) is 16.6 Å². The lowest BCUT2D eigenvalue weighted by atomic mass is 10.2. The highest BCUT2D eigenvalue weighted by Gasteiger charge is 2.27. The van der Waals surface area contributed by atoms with Gasteiger partial charge in [0.2, 0.25) is 0 Å². The minimum atomic E-state index is -0.0203. The predicted molar refractivity (Wildman–Crippen MR) is 79.8 cm³/mol. The van der Waals surface area contributed by atoms with E-state index >= 15 is 0 Å². The summed E-state index contributed by atoms with van der Waals surface area (Å²) in [5, 5.41) is 6.07. The van der Waals surface area contributed by atoms with E-state index in [1.807, 2.05) is 0 Å². The van der Waals surface area contributed by atoms with Gasteiger partial charge in [0.25, 0.3) is 0 Å². The van der Waals surface area contributed by atoms with Crippen molar-refractivity contribution in [3.63, 3.8) is 0 Å². The molecule has 20 heavy (non-hydrogen) atoms. The first-order valence-electron chi connectivity index (χ1n) is 7.87. The number of nitrogens with one attached hydrogen (secondary N) is 2. The van der Waals surface area contributed by atoms with Gasteiger partial charge in [-0.2, -0.15) is 0 Å². The number of rotatable bonds is 4. The molecule has 0 unspecified atom stereocenters. The van der Waals surface area contributed by atoms with Gasteiger partial charge in [0, 0.05) is 30.0 Å². The number of urea groups is 1. The number of hydrogen-bond acceptors (Lipinski definition) is 1. The Labute approximate surface area is 120 Å². The first-order chi connectivity index (χ1) is 9.65. The summed E-state index contributed by atoms with van der Waals surface area (Å²) in [4.78, 5) is 11.9. The maximum Gasteiger partial charge on any atom is 0.315 e. The van der Waals surface area contributed by atoms with Gasteiger partial charge in [-0.15, -0.1) is 0 Å². The van der Waals surface area contributed by atoms with Gasteiger partial charge in [0.15, 0.2) is 0 Å². The van der Waals surface area contributed by atoms with Crippen LogP contribution in [0, 0.1) is 13.8 Å². The van der Waals surface area contributed by atoms with E-state index in [2.05, 4.69) is 35.1 Å². The van der Waals surface area contributed by atoms with Crippen LogP contribution in [-0.2, 0) is 6.54 Å². The van der Waals surface area contributed by atoms with E-state index in [1.54, 1.807) is 0 Å². The zero-order chi connectivity index (χ0) is 14.1. The van der Waals surface area contributed by atoms with Crippen molar-refractivity contribution in [1.82, 2.24) is 15.2 Å². The van der Waals surface area contributed by atoms with Crippen molar-refractivity contribution >= 4 is 6.03 Å². The monoisotopic (exact) mass is 275 g/mol. The van der Waals surface area contributed by atoms with Crippen LogP contribution < -0.4 is 10.6 Å². The Hall–Kier alpha value is -1.45. The molecule has 2 aliphatic rings. The lowest BCUT2D eigenvalue weighted by molar-refractivity contribution is 0.236. The molecule has 3 rings (SSSR count). The van der Waals surface area contributed by atoms with Crippen molar-refractivity contribution in [2.24, 2.45) is 0 Å². The van der Waals surface area contributed by atoms with Gasteiger partial charge in [-0.25, -0.2) is 4.79 Å². The zero-order valence-corrected chi connectivity index (χ0v) is 12.5. The van der Waals surface area contributed by atoms with E-state index in [9.17, 15) is 4.79 Å². The van der Waals surface area contributed by atoms with E-state index in [-0.39, 0.29) is 6.03 Å². The van der Waals surface area contributed by atoms with Crippen LogP contribution in [0.4, 0.5) is 4.79 Å². The maximum absolute atomic E-state index is 11.9. The molecule has 0 aliphatic heterocycles. The lowest BCUT2D eigenvalue weighted by Crippen LogP contribution is -2.40. The first-order valence-corrected chi connectivity index (χ1v) is 7.87. The van der Waals surface area contributed by atoms with Crippen LogP contribution in [0.3, 0.4) is 0 Å². The molecule has 0 aromatic carbocycles. The molecule has 1 aromatic heterocycles. The van der Waals surface area contributed by atoms with Crippen molar-refractivity contribution in [2.75, 3.05) is 0 Å². The highest BCUT2D eigenvalue weighted by Crippen LogP contribution is 2.38. The second-order valence-corrected chi connectivity index (χ2v) is 6.31. The van der Waals surface area contributed by atoms with E-state index in [0.717, 1.165) is 12.8 Å². The van der Waals surface area contributed by atoms with Gasteiger partial charge in [-0.3, -0.25) is 0 Å². The SMILES string of the molecule is Cc1cc(CNC(=O)NC2CCCC2)c(C)n1C1CC1. The molecule has 0 atom stereocenters. The van der Waals surface area contributed by atoms with E-state index in [0.29, 0.717) is 18.6 Å². The standard InChI is InChI=1S/C16H25N3O/c1-11-9-13(12(2)19(11)15-7-8-15)10-17-16(20)18-14-5-3-4-6-14/h9,14-15H,3-8,10H2,1-2H3,(H2,17,18,20). The Balaban J connectivity index is 1.55. The van der Waals surface area contributed by atoms with Crippen LogP contribution in [0.5, 0.6) is 0 Å². The largest absolute Gasteiger partial charge is 0.346 e. The molecule has 2 fully saturated rings. The first kappa shape index (κ1) is 13.5. The van der Waals surface area contributed by atoms with Crippen molar-refractivity contribution < 1.29 is 4.79 Å². The average molecular weight is 275 g/mol. The maximum atomic E-state index is 11.9. The van der Waals surface area contributed by atoms with Gasteiger partial charge in [-0.1, -0.05) is 12.8 Å². The average Bonchev–Trinajstić information content (AvgIpc) is 3.02. The van der Waals surface area contributed by atoms with E-state index in [1.165, 1.54) is 42.6 Å². The molecule has 1 heterocycles. The molecular weight excluding hydrogens is 250 g/mol. The van der Waals surface area contributed by atoms with Crippen molar-refractivity contribution in [3.05, 3.63) is 23.0 Å². The highest BCUT2D eigenvalue weighted by atomic mass is 16.2. The third kappa shape index (κ3) is 2.84. The van der Waals surface area contributed by atoms with E-state index in [4.69, 9.17) is 0 Å². The summed E-state index contributed by atoms with van der Waals surface area (Å²) in [6.07, 6.45) is 7.34. The zero-order valence-electron chi connectivity index (χ0n) is 12.5. The number of amides is 2. The fraction of sp³-hybridized carbons (Fsp3) is 0.688. The summed E-state index contributed by atoms with van der Waals surface area (Å²) < 4.78 is 2.42. The second-order valence-electron chi connectivity index (χ2n) is 6.31. The molecule has 2 saturated carbocycles. The quantitative estimate of drug-likeness (QED) is 0.871. The third-order valence-electron chi connectivity index (χ3n) is 4.63. The van der Waals surface area contributed by atoms with Crippen molar-refractivity contribution in [1.29, 1.82) is 0 Å². The number of carbonyl (C=O) groups excluding carboxylic acids is 1. The molecule has 2 N–H and O–H groups in total. The van der Waals surface area contributed by atoms with Gasteiger partial charge >= 0.3 is 6.03 Å². The molecule has 110 valence electrons. The van der Waals surface area contributed by atoms with Crippen LogP contribution in [0.25, 0.3) is 0 Å². The predicted octanol–water partition coefficient (Wildman–Crippen LogP) is 3.18. The Kier molecular flexibility index (Phi) is 3.72. The molecular formula is C16H25N3O. The normalized spacial score (nSPS) is 19.3. The molecule has 2 amide bonds. The number of aromatic nitrogens is 1. The Morgan fingerprint density at radius 3 is 2.60 bits per heavy atom. The summed E-state index contributed by atoms with van der Waals surface area (Å²) in [5.41, 5.74) is 3.88.